The van der Waals surface area contributed by atoms with E-state index in [1.165, 1.54) is 25.9 Å². The molecule has 0 aromatic rings. The molecule has 1 N–H and O–H groups in total. The van der Waals surface area contributed by atoms with E-state index in [-0.39, 0.29) is 5.79 Å². The minimum Gasteiger partial charge on any atom is -0.347 e. The van der Waals surface area contributed by atoms with Crippen LogP contribution in [0.15, 0.2) is 0 Å². The van der Waals surface area contributed by atoms with Crippen molar-refractivity contribution in [2.45, 2.75) is 37.5 Å². The highest BCUT2D eigenvalue weighted by atomic mass is 16.7. The van der Waals surface area contributed by atoms with Gasteiger partial charge in [0.05, 0.1) is 13.2 Å². The number of likely N-dealkylation sites (tertiary alicyclic amines) is 1. The zero-order chi connectivity index (χ0) is 10.8. The van der Waals surface area contributed by atoms with E-state index in [9.17, 15) is 0 Å². The van der Waals surface area contributed by atoms with Crippen LogP contribution < -0.4 is 5.32 Å². The molecule has 0 bridgehead atoms. The fourth-order valence-corrected chi connectivity index (χ4v) is 3.18. The molecular formula is C12H22N2O2. The minimum absolute atomic E-state index is 0.240. The van der Waals surface area contributed by atoms with Crippen molar-refractivity contribution < 1.29 is 9.47 Å². The van der Waals surface area contributed by atoms with E-state index in [0.29, 0.717) is 6.04 Å². The average molecular weight is 226 g/mol. The van der Waals surface area contributed by atoms with Gasteiger partial charge in [0, 0.05) is 32.0 Å². The summed E-state index contributed by atoms with van der Waals surface area (Å²) in [6.07, 6.45) is 4.75. The van der Waals surface area contributed by atoms with Crippen LogP contribution in [0, 0.1) is 0 Å². The molecule has 1 unspecified atom stereocenters. The number of ether oxygens (including phenoxy) is 2. The molecule has 3 heterocycles. The second-order valence-electron chi connectivity index (χ2n) is 5.22. The van der Waals surface area contributed by atoms with E-state index < -0.39 is 0 Å². The van der Waals surface area contributed by atoms with E-state index in [0.717, 1.165) is 39.1 Å². The van der Waals surface area contributed by atoms with Gasteiger partial charge in [-0.3, -0.25) is 0 Å². The number of hydrogen-bond donors (Lipinski definition) is 1. The molecule has 3 aliphatic heterocycles. The Hall–Kier alpha value is -0.160. The van der Waals surface area contributed by atoms with E-state index in [1.807, 2.05) is 0 Å². The minimum atomic E-state index is -0.240. The number of nitrogens with one attached hydrogen (secondary N) is 1. The van der Waals surface area contributed by atoms with Gasteiger partial charge in [0.15, 0.2) is 5.79 Å². The molecule has 4 nitrogen and oxygen atoms in total. The van der Waals surface area contributed by atoms with E-state index >= 15 is 0 Å². The lowest BCUT2D eigenvalue weighted by Crippen LogP contribution is -2.52. The van der Waals surface area contributed by atoms with Crippen molar-refractivity contribution in [3.63, 3.8) is 0 Å². The first-order valence-corrected chi connectivity index (χ1v) is 6.60. The number of hydrogen-bond acceptors (Lipinski definition) is 4. The Balaban J connectivity index is 1.55. The summed E-state index contributed by atoms with van der Waals surface area (Å²) in [4.78, 5) is 2.56. The Morgan fingerprint density at radius 3 is 2.69 bits per heavy atom. The Kier molecular flexibility index (Phi) is 3.16. The maximum absolute atomic E-state index is 5.80. The molecule has 3 fully saturated rings. The summed E-state index contributed by atoms with van der Waals surface area (Å²) < 4.78 is 11.6. The molecule has 3 rings (SSSR count). The predicted octanol–water partition coefficient (Wildman–Crippen LogP) is 0.577. The third-order valence-corrected chi connectivity index (χ3v) is 3.99. The van der Waals surface area contributed by atoms with Gasteiger partial charge in [-0.1, -0.05) is 0 Å². The summed E-state index contributed by atoms with van der Waals surface area (Å²) in [6.45, 7) is 6.28. The molecule has 92 valence electrons. The molecular weight excluding hydrogens is 204 g/mol. The molecule has 16 heavy (non-hydrogen) atoms. The van der Waals surface area contributed by atoms with Crippen molar-refractivity contribution in [2.75, 3.05) is 39.4 Å². The first-order chi connectivity index (χ1) is 7.86. The fourth-order valence-electron chi connectivity index (χ4n) is 3.18. The van der Waals surface area contributed by atoms with Gasteiger partial charge < -0.3 is 19.7 Å². The van der Waals surface area contributed by atoms with Crippen molar-refractivity contribution in [3.8, 4) is 0 Å². The van der Waals surface area contributed by atoms with Gasteiger partial charge in [-0.05, 0) is 25.9 Å². The second-order valence-corrected chi connectivity index (χ2v) is 5.22. The number of rotatable bonds is 2. The monoisotopic (exact) mass is 226 g/mol. The molecule has 1 spiro atoms. The maximum Gasteiger partial charge on any atom is 0.171 e. The zero-order valence-electron chi connectivity index (χ0n) is 9.91. The average Bonchev–Trinajstić information content (AvgIpc) is 2.91. The van der Waals surface area contributed by atoms with Gasteiger partial charge in [-0.25, -0.2) is 0 Å². The van der Waals surface area contributed by atoms with Crippen molar-refractivity contribution in [3.05, 3.63) is 0 Å². The molecule has 0 radical (unpaired) electrons. The lowest BCUT2D eigenvalue weighted by Gasteiger charge is -2.38. The summed E-state index contributed by atoms with van der Waals surface area (Å²) in [5, 5.41) is 3.60. The third kappa shape index (κ3) is 2.25. The zero-order valence-corrected chi connectivity index (χ0v) is 9.91. The highest BCUT2D eigenvalue weighted by Crippen LogP contribution is 2.31. The Labute approximate surface area is 97.3 Å². The smallest absolute Gasteiger partial charge is 0.171 e. The summed E-state index contributed by atoms with van der Waals surface area (Å²) in [6, 6.07) is 0.546. The molecule has 0 aromatic heterocycles. The normalized spacial score (nSPS) is 34.9. The van der Waals surface area contributed by atoms with Crippen LogP contribution in [-0.2, 0) is 9.47 Å². The first kappa shape index (κ1) is 11.0. The van der Waals surface area contributed by atoms with Crippen LogP contribution in [0.1, 0.15) is 25.7 Å². The summed E-state index contributed by atoms with van der Waals surface area (Å²) >= 11 is 0. The summed E-state index contributed by atoms with van der Waals surface area (Å²) in [5.74, 6) is -0.240. The molecule has 0 saturated carbocycles. The van der Waals surface area contributed by atoms with Gasteiger partial charge in [0.2, 0.25) is 0 Å². The van der Waals surface area contributed by atoms with Gasteiger partial charge >= 0.3 is 0 Å². The molecule has 3 aliphatic rings. The lowest BCUT2D eigenvalue weighted by atomic mass is 9.97. The van der Waals surface area contributed by atoms with Crippen LogP contribution in [0.3, 0.4) is 0 Å². The van der Waals surface area contributed by atoms with Crippen LogP contribution in [0.5, 0.6) is 0 Å². The van der Waals surface area contributed by atoms with Gasteiger partial charge in [0.1, 0.15) is 0 Å². The molecule has 3 saturated heterocycles. The molecule has 0 amide bonds. The van der Waals surface area contributed by atoms with E-state index in [1.54, 1.807) is 0 Å². The van der Waals surface area contributed by atoms with Gasteiger partial charge in [-0.15, -0.1) is 0 Å². The predicted molar refractivity (Wildman–Crippen MR) is 61.3 cm³/mol. The molecule has 4 heteroatoms. The van der Waals surface area contributed by atoms with Crippen molar-refractivity contribution in [1.29, 1.82) is 0 Å². The summed E-state index contributed by atoms with van der Waals surface area (Å²) in [5.41, 5.74) is 0. The van der Waals surface area contributed by atoms with Gasteiger partial charge in [-0.2, -0.15) is 0 Å². The van der Waals surface area contributed by atoms with E-state index in [4.69, 9.17) is 9.47 Å². The standard InChI is InChI=1S/C12H22N2O2/c1-2-6-14(5-1)10-11-9-12(3-4-13-11)15-7-8-16-12/h11,13H,1-10H2. The largest absolute Gasteiger partial charge is 0.347 e. The Morgan fingerprint density at radius 1 is 1.19 bits per heavy atom. The SMILES string of the molecule is C1CCN(CC2CC3(CCN2)OCCO3)C1. The summed E-state index contributed by atoms with van der Waals surface area (Å²) in [7, 11) is 0. The molecule has 0 aromatic carbocycles. The van der Waals surface area contributed by atoms with Crippen molar-refractivity contribution in [2.24, 2.45) is 0 Å². The van der Waals surface area contributed by atoms with Crippen LogP contribution in [0.4, 0.5) is 0 Å². The highest BCUT2D eigenvalue weighted by molar-refractivity contribution is 4.89. The Morgan fingerprint density at radius 2 is 1.94 bits per heavy atom. The van der Waals surface area contributed by atoms with Crippen LogP contribution in [-0.4, -0.2) is 56.1 Å². The first-order valence-electron chi connectivity index (χ1n) is 6.60. The molecule has 0 aliphatic carbocycles. The van der Waals surface area contributed by atoms with E-state index in [2.05, 4.69) is 10.2 Å². The molecule has 1 atom stereocenters. The third-order valence-electron chi connectivity index (χ3n) is 3.99. The van der Waals surface area contributed by atoms with Crippen molar-refractivity contribution in [1.82, 2.24) is 10.2 Å². The maximum atomic E-state index is 5.80. The van der Waals surface area contributed by atoms with Crippen molar-refractivity contribution >= 4 is 0 Å². The number of piperidine rings is 1. The van der Waals surface area contributed by atoms with Crippen LogP contribution >= 0.6 is 0 Å². The van der Waals surface area contributed by atoms with Crippen LogP contribution in [0.25, 0.3) is 0 Å². The lowest BCUT2D eigenvalue weighted by molar-refractivity contribution is -0.180. The Bertz CT molecular complexity index is 235. The fraction of sp³-hybridized carbons (Fsp3) is 1.00. The second kappa shape index (κ2) is 4.61. The number of nitrogens with zero attached hydrogens (tertiary/aromatic N) is 1. The van der Waals surface area contributed by atoms with Gasteiger partial charge in [0.25, 0.3) is 0 Å². The van der Waals surface area contributed by atoms with Crippen LogP contribution in [0.2, 0.25) is 0 Å². The highest BCUT2D eigenvalue weighted by Gasteiger charge is 2.41. The quantitative estimate of drug-likeness (QED) is 0.747. The topological polar surface area (TPSA) is 33.7 Å².